The lowest BCUT2D eigenvalue weighted by atomic mass is 10.1. The van der Waals surface area contributed by atoms with E-state index >= 15 is 0 Å². The third kappa shape index (κ3) is 4.78. The van der Waals surface area contributed by atoms with Gasteiger partial charge in [-0.25, -0.2) is 14.8 Å². The molecule has 1 amide bonds. The minimum Gasteiger partial charge on any atom is -0.340 e. The van der Waals surface area contributed by atoms with Crippen molar-refractivity contribution in [1.29, 1.82) is 0 Å². The van der Waals surface area contributed by atoms with Gasteiger partial charge in [-0.2, -0.15) is 18.2 Å². The van der Waals surface area contributed by atoms with Gasteiger partial charge in [0.1, 0.15) is 16.9 Å². The maximum atomic E-state index is 13.3. The summed E-state index contributed by atoms with van der Waals surface area (Å²) in [6, 6.07) is -0.0304. The molecule has 40 heavy (non-hydrogen) atoms. The molecule has 0 aliphatic rings. The third-order valence-electron chi connectivity index (χ3n) is 6.12. The Kier molecular flexibility index (Phi) is 6.61. The Bertz CT molecular complexity index is 1880. The van der Waals surface area contributed by atoms with Gasteiger partial charge in [-0.3, -0.25) is 23.7 Å². The fraction of sp³-hybridized carbons (Fsp3) is 0.304. The smallest absolute Gasteiger partial charge is 0.340 e. The Balaban J connectivity index is 1.43. The molecule has 5 heterocycles. The first-order valence-electron chi connectivity index (χ1n) is 11.6. The summed E-state index contributed by atoms with van der Waals surface area (Å²) in [5, 5.41) is 8.03. The Morgan fingerprint density at radius 3 is 2.62 bits per heavy atom. The molecule has 0 bridgehead atoms. The van der Waals surface area contributed by atoms with Crippen LogP contribution in [0.4, 0.5) is 19.0 Å². The number of hydrogen-bond acceptors (Lipinski definition) is 10. The van der Waals surface area contributed by atoms with Gasteiger partial charge in [0.25, 0.3) is 5.56 Å². The van der Waals surface area contributed by atoms with E-state index in [1.165, 1.54) is 47.9 Å². The summed E-state index contributed by atoms with van der Waals surface area (Å²) in [6.07, 6.45) is -2.03. The predicted octanol–water partition coefficient (Wildman–Crippen LogP) is 2.68. The Morgan fingerprint density at radius 1 is 1.20 bits per heavy atom. The van der Waals surface area contributed by atoms with E-state index in [9.17, 15) is 27.6 Å². The summed E-state index contributed by atoms with van der Waals surface area (Å²) in [7, 11) is 1.44. The molecule has 5 aromatic rings. The number of fused-ring (bicyclic) bond motifs is 1. The van der Waals surface area contributed by atoms with Gasteiger partial charge in [0.2, 0.25) is 11.8 Å². The Labute approximate surface area is 225 Å². The first kappa shape index (κ1) is 26.9. The topological polar surface area (TPSA) is 156 Å². The van der Waals surface area contributed by atoms with Crippen molar-refractivity contribution in [3.63, 3.8) is 0 Å². The van der Waals surface area contributed by atoms with Crippen LogP contribution in [0.5, 0.6) is 0 Å². The second-order valence-electron chi connectivity index (χ2n) is 8.84. The van der Waals surface area contributed by atoms with Crippen molar-refractivity contribution in [1.82, 2.24) is 38.8 Å². The number of nitrogens with zero attached hydrogens (tertiary/aromatic N) is 8. The van der Waals surface area contributed by atoms with Crippen molar-refractivity contribution < 1.29 is 22.5 Å². The molecule has 1 unspecified atom stereocenters. The molecule has 0 aromatic carbocycles. The molecule has 0 radical (unpaired) electrons. The number of hydrogen-bond donors (Lipinski definition) is 1. The summed E-state index contributed by atoms with van der Waals surface area (Å²) in [6.45, 7) is 4.09. The monoisotopic (exact) mass is 575 g/mol. The highest BCUT2D eigenvalue weighted by atomic mass is 32.1. The maximum absolute atomic E-state index is 13.3. The van der Waals surface area contributed by atoms with Crippen molar-refractivity contribution >= 4 is 34.2 Å². The number of nitrogens with one attached hydrogen (secondary N) is 1. The first-order chi connectivity index (χ1) is 18.8. The zero-order valence-corrected chi connectivity index (χ0v) is 22.2. The highest BCUT2D eigenvalue weighted by molar-refractivity contribution is 7.13. The van der Waals surface area contributed by atoms with Crippen LogP contribution in [0.25, 0.3) is 21.7 Å². The van der Waals surface area contributed by atoms with Crippen LogP contribution in [-0.4, -0.2) is 44.7 Å². The number of thiazole rings is 1. The van der Waals surface area contributed by atoms with Crippen LogP contribution in [0.3, 0.4) is 0 Å². The second-order valence-corrected chi connectivity index (χ2v) is 9.70. The molecule has 5 aromatic heterocycles. The van der Waals surface area contributed by atoms with E-state index in [0.29, 0.717) is 0 Å². The minimum atomic E-state index is -4.57. The SMILES string of the molecule is Cc1nc(Cn2c(=O)c3c(ncn3C(C)C(=O)Nc3csc(-c4cnc(C)c(C(F)(F)F)c4)n3)n(C)c2=O)no1. The largest absolute Gasteiger partial charge is 0.418 e. The lowest BCUT2D eigenvalue weighted by molar-refractivity contribution is -0.138. The number of halogens is 3. The first-order valence-corrected chi connectivity index (χ1v) is 12.5. The van der Waals surface area contributed by atoms with Gasteiger partial charge < -0.3 is 14.4 Å². The number of aryl methyl sites for hydroxylation is 3. The predicted molar refractivity (Wildman–Crippen MR) is 136 cm³/mol. The molecule has 5 rings (SSSR count). The summed E-state index contributed by atoms with van der Waals surface area (Å²) < 4.78 is 48.2. The summed E-state index contributed by atoms with van der Waals surface area (Å²) in [5.41, 5.74) is -2.19. The van der Waals surface area contributed by atoms with Crippen LogP contribution in [0.1, 0.15) is 35.9 Å². The van der Waals surface area contributed by atoms with E-state index in [4.69, 9.17) is 4.52 Å². The van der Waals surface area contributed by atoms with Gasteiger partial charge in [0.15, 0.2) is 17.0 Å². The van der Waals surface area contributed by atoms with Gasteiger partial charge in [0, 0.05) is 36.8 Å². The van der Waals surface area contributed by atoms with Crippen LogP contribution < -0.4 is 16.6 Å². The number of carbonyl (C=O) groups is 1. The van der Waals surface area contributed by atoms with Gasteiger partial charge in [-0.05, 0) is 19.9 Å². The Morgan fingerprint density at radius 2 is 1.95 bits per heavy atom. The van der Waals surface area contributed by atoms with Crippen molar-refractivity contribution in [3.8, 4) is 10.6 Å². The number of aromatic nitrogens is 8. The lowest BCUT2D eigenvalue weighted by Gasteiger charge is -2.14. The molecule has 208 valence electrons. The second kappa shape index (κ2) is 9.82. The third-order valence-corrected chi connectivity index (χ3v) is 7.01. The van der Waals surface area contributed by atoms with E-state index in [2.05, 4.69) is 30.4 Å². The van der Waals surface area contributed by atoms with Crippen LogP contribution in [0.15, 0.2) is 38.1 Å². The molecule has 13 nitrogen and oxygen atoms in total. The zero-order chi connectivity index (χ0) is 28.9. The fourth-order valence-electron chi connectivity index (χ4n) is 4.03. The van der Waals surface area contributed by atoms with Gasteiger partial charge in [-0.15, -0.1) is 11.3 Å². The van der Waals surface area contributed by atoms with E-state index < -0.39 is 34.9 Å². The summed E-state index contributed by atoms with van der Waals surface area (Å²) in [4.78, 5) is 55.5. The molecule has 0 aliphatic heterocycles. The normalized spacial score (nSPS) is 12.7. The average molecular weight is 576 g/mol. The molecule has 0 fully saturated rings. The minimum absolute atomic E-state index is 0.00524. The van der Waals surface area contributed by atoms with E-state index in [1.807, 2.05) is 0 Å². The van der Waals surface area contributed by atoms with Crippen LogP contribution in [0, 0.1) is 13.8 Å². The number of imidazole rings is 1. The number of amides is 1. The van der Waals surface area contributed by atoms with E-state index in [1.54, 1.807) is 6.92 Å². The van der Waals surface area contributed by atoms with Crippen LogP contribution in [-0.2, 0) is 24.6 Å². The van der Waals surface area contributed by atoms with Crippen LogP contribution >= 0.6 is 11.3 Å². The molecule has 1 N–H and O–H groups in total. The number of pyridine rings is 1. The average Bonchev–Trinajstić information content (AvgIpc) is 3.64. The highest BCUT2D eigenvalue weighted by Gasteiger charge is 2.33. The standard InChI is InChI=1S/C23H20F3N9O4S/c1-10-14(23(24,25)26)5-13(6-27-10)20-31-16(8-40-20)30-19(36)11(2)35-9-28-18-17(35)21(37)34(22(38)33(18)4)7-15-29-12(3)39-32-15/h5-6,8-9,11H,7H2,1-4H3,(H,30,36). The van der Waals surface area contributed by atoms with Crippen molar-refractivity contribution in [2.45, 2.75) is 39.5 Å². The Hall–Kier alpha value is -4.67. The highest BCUT2D eigenvalue weighted by Crippen LogP contribution is 2.35. The number of anilines is 1. The van der Waals surface area contributed by atoms with Gasteiger partial charge >= 0.3 is 11.9 Å². The number of carbonyl (C=O) groups excluding carboxylic acids is 1. The number of rotatable bonds is 6. The zero-order valence-electron chi connectivity index (χ0n) is 21.3. The van der Waals surface area contributed by atoms with Crippen molar-refractivity contribution in [3.05, 3.63) is 67.8 Å². The molecule has 0 saturated carbocycles. The summed E-state index contributed by atoms with van der Waals surface area (Å²) >= 11 is 1.03. The molecule has 0 spiro atoms. The van der Waals surface area contributed by atoms with Crippen molar-refractivity contribution in [2.75, 3.05) is 5.32 Å². The molecule has 1 atom stereocenters. The van der Waals surface area contributed by atoms with Gasteiger partial charge in [0.05, 0.1) is 18.4 Å². The van der Waals surface area contributed by atoms with Gasteiger partial charge in [-0.1, -0.05) is 5.16 Å². The molecule has 17 heteroatoms. The molecular formula is C23H20F3N9O4S. The summed E-state index contributed by atoms with van der Waals surface area (Å²) in [5.74, 6) is -0.0882. The quantitative estimate of drug-likeness (QED) is 0.322. The molecule has 0 aliphatic carbocycles. The fourth-order valence-corrected chi connectivity index (χ4v) is 4.76. The van der Waals surface area contributed by atoms with E-state index in [0.717, 1.165) is 22.0 Å². The molecular weight excluding hydrogens is 555 g/mol. The van der Waals surface area contributed by atoms with Crippen molar-refractivity contribution in [2.24, 2.45) is 7.05 Å². The maximum Gasteiger partial charge on any atom is 0.418 e. The van der Waals surface area contributed by atoms with Crippen LogP contribution in [0.2, 0.25) is 0 Å². The molecule has 0 saturated heterocycles. The lowest BCUT2D eigenvalue weighted by Crippen LogP contribution is -2.40. The van der Waals surface area contributed by atoms with E-state index in [-0.39, 0.29) is 51.5 Å². The number of alkyl halides is 3.